The smallest absolute Gasteiger partial charge is 0.429 e. The number of benzene rings is 1. The molecule has 1 atom stereocenters. The number of hydrogen-bond acceptors (Lipinski definition) is 9. The molecule has 10 heteroatoms. The van der Waals surface area contributed by atoms with Gasteiger partial charge in [0.05, 0.1) is 17.8 Å². The van der Waals surface area contributed by atoms with Crippen molar-refractivity contribution in [2.45, 2.75) is 118 Å². The van der Waals surface area contributed by atoms with E-state index in [1.54, 1.807) is 80.5 Å². The maximum absolute atomic E-state index is 13.5. The van der Waals surface area contributed by atoms with Gasteiger partial charge in [0, 0.05) is 17.6 Å². The molecule has 0 amide bonds. The van der Waals surface area contributed by atoms with Crippen molar-refractivity contribution in [2.75, 3.05) is 6.54 Å². The van der Waals surface area contributed by atoms with Crippen molar-refractivity contribution < 1.29 is 37.5 Å². The summed E-state index contributed by atoms with van der Waals surface area (Å²) in [6.45, 7) is 21.6. The SMILES string of the molecule is CC(C)(C)NCC(OC(=O)OC(C)(C)C)c1ccc(OP(=O)(OC(C)(C)C)OC(C)(C)C)c(CO)c1. The molecule has 36 heavy (non-hydrogen) atoms. The molecule has 0 saturated heterocycles. The van der Waals surface area contributed by atoms with Crippen LogP contribution in [0.1, 0.15) is 100 Å². The van der Waals surface area contributed by atoms with Crippen molar-refractivity contribution in [3.05, 3.63) is 29.3 Å². The molecule has 0 aliphatic carbocycles. The molecule has 2 N–H and O–H groups in total. The van der Waals surface area contributed by atoms with Crippen molar-refractivity contribution in [2.24, 2.45) is 0 Å². The third-order valence-corrected chi connectivity index (χ3v) is 6.02. The highest BCUT2D eigenvalue weighted by Gasteiger charge is 2.39. The van der Waals surface area contributed by atoms with Crippen molar-refractivity contribution in [1.29, 1.82) is 0 Å². The van der Waals surface area contributed by atoms with Gasteiger partial charge in [0.2, 0.25) is 0 Å². The van der Waals surface area contributed by atoms with E-state index in [1.165, 1.54) is 0 Å². The number of rotatable bonds is 9. The molecular weight excluding hydrogens is 485 g/mol. The summed E-state index contributed by atoms with van der Waals surface area (Å²) < 4.78 is 41.7. The molecule has 0 saturated carbocycles. The summed E-state index contributed by atoms with van der Waals surface area (Å²) in [5.74, 6) is 0.137. The highest BCUT2D eigenvalue weighted by Crippen LogP contribution is 2.55. The number of nitrogens with one attached hydrogen (secondary N) is 1. The minimum Gasteiger partial charge on any atom is -0.429 e. The third kappa shape index (κ3) is 13.1. The summed E-state index contributed by atoms with van der Waals surface area (Å²) in [5, 5.41) is 13.4. The largest absolute Gasteiger partial charge is 0.531 e. The van der Waals surface area contributed by atoms with Gasteiger partial charge in [-0.2, -0.15) is 0 Å². The van der Waals surface area contributed by atoms with Crippen LogP contribution in [-0.4, -0.2) is 40.1 Å². The van der Waals surface area contributed by atoms with Gasteiger partial charge in [0.25, 0.3) is 0 Å². The van der Waals surface area contributed by atoms with Crippen LogP contribution in [0.2, 0.25) is 0 Å². The van der Waals surface area contributed by atoms with E-state index in [4.69, 9.17) is 23.0 Å². The van der Waals surface area contributed by atoms with Crippen molar-refractivity contribution in [3.63, 3.8) is 0 Å². The number of phosphoric ester groups is 1. The lowest BCUT2D eigenvalue weighted by Gasteiger charge is -2.31. The number of ether oxygens (including phenoxy) is 2. The van der Waals surface area contributed by atoms with Crippen LogP contribution in [0.15, 0.2) is 18.2 Å². The minimum atomic E-state index is -4.07. The predicted octanol–water partition coefficient (Wildman–Crippen LogP) is 6.68. The zero-order valence-corrected chi connectivity index (χ0v) is 24.9. The molecule has 1 unspecified atom stereocenters. The van der Waals surface area contributed by atoms with Gasteiger partial charge in [-0.15, -0.1) is 0 Å². The van der Waals surface area contributed by atoms with Gasteiger partial charge in [0.15, 0.2) is 0 Å². The highest BCUT2D eigenvalue weighted by atomic mass is 31.2. The average molecular weight is 532 g/mol. The van der Waals surface area contributed by atoms with Crippen molar-refractivity contribution in [1.82, 2.24) is 5.32 Å². The van der Waals surface area contributed by atoms with Crippen LogP contribution in [0.4, 0.5) is 4.79 Å². The Morgan fingerprint density at radius 1 is 0.917 bits per heavy atom. The Morgan fingerprint density at radius 2 is 1.44 bits per heavy atom. The van der Waals surface area contributed by atoms with E-state index in [0.717, 1.165) is 0 Å². The fourth-order valence-electron chi connectivity index (χ4n) is 2.88. The van der Waals surface area contributed by atoms with E-state index in [9.17, 15) is 14.5 Å². The summed E-state index contributed by atoms with van der Waals surface area (Å²) in [7, 11) is -4.07. The average Bonchev–Trinajstić information content (AvgIpc) is 2.59. The molecule has 1 aromatic carbocycles. The van der Waals surface area contributed by atoms with Gasteiger partial charge in [-0.3, -0.25) is 9.05 Å². The lowest BCUT2D eigenvalue weighted by Crippen LogP contribution is -2.39. The van der Waals surface area contributed by atoms with Crippen LogP contribution >= 0.6 is 7.82 Å². The van der Waals surface area contributed by atoms with E-state index in [1.807, 2.05) is 20.8 Å². The van der Waals surface area contributed by atoms with Crippen LogP contribution in [0.25, 0.3) is 0 Å². The second-order valence-electron chi connectivity index (χ2n) is 12.7. The lowest BCUT2D eigenvalue weighted by atomic mass is 10.0. The summed E-state index contributed by atoms with van der Waals surface area (Å²) in [6, 6.07) is 4.85. The molecule has 0 bridgehead atoms. The van der Waals surface area contributed by atoms with E-state index >= 15 is 0 Å². The number of aliphatic hydroxyl groups is 1. The van der Waals surface area contributed by atoms with Gasteiger partial charge >= 0.3 is 14.0 Å². The van der Waals surface area contributed by atoms with Gasteiger partial charge in [-0.05, 0) is 101 Å². The quantitative estimate of drug-likeness (QED) is 0.266. The first-order valence-corrected chi connectivity index (χ1v) is 13.6. The summed E-state index contributed by atoms with van der Waals surface area (Å²) >= 11 is 0. The van der Waals surface area contributed by atoms with Gasteiger partial charge in [-0.1, -0.05) is 6.07 Å². The molecule has 0 heterocycles. The number of carbonyl (C=O) groups is 1. The highest BCUT2D eigenvalue weighted by molar-refractivity contribution is 7.49. The van der Waals surface area contributed by atoms with Crippen LogP contribution in [0.5, 0.6) is 5.75 Å². The maximum Gasteiger partial charge on any atom is 0.531 e. The number of aliphatic hydroxyl groups excluding tert-OH is 1. The minimum absolute atomic E-state index is 0.137. The zero-order valence-electron chi connectivity index (χ0n) is 24.0. The molecular formula is C26H46NO8P. The molecule has 208 valence electrons. The maximum atomic E-state index is 13.5. The molecule has 0 spiro atoms. The zero-order chi connectivity index (χ0) is 28.2. The second kappa shape index (κ2) is 11.8. The predicted molar refractivity (Wildman–Crippen MR) is 140 cm³/mol. The molecule has 0 aliphatic rings. The van der Waals surface area contributed by atoms with E-state index in [2.05, 4.69) is 5.32 Å². The number of hydrogen-bond donors (Lipinski definition) is 2. The topological polar surface area (TPSA) is 113 Å². The fraction of sp³-hybridized carbons (Fsp3) is 0.731. The van der Waals surface area contributed by atoms with Crippen LogP contribution in [0.3, 0.4) is 0 Å². The lowest BCUT2D eigenvalue weighted by molar-refractivity contribution is -0.0282. The Bertz CT molecular complexity index is 900. The molecule has 0 aromatic heterocycles. The van der Waals surface area contributed by atoms with E-state index < -0.39 is 43.5 Å². The summed E-state index contributed by atoms with van der Waals surface area (Å²) in [4.78, 5) is 12.4. The number of carbonyl (C=O) groups excluding carboxylic acids is 1. The molecule has 0 aliphatic heterocycles. The summed E-state index contributed by atoms with van der Waals surface area (Å²) in [6.07, 6.45) is -1.53. The fourth-order valence-corrected chi connectivity index (χ4v) is 4.75. The van der Waals surface area contributed by atoms with E-state index in [0.29, 0.717) is 17.7 Å². The normalized spacial score (nSPS) is 14.4. The Hall–Kier alpha value is -1.64. The van der Waals surface area contributed by atoms with Crippen LogP contribution in [0, 0.1) is 0 Å². The first-order valence-electron chi connectivity index (χ1n) is 12.1. The Labute approximate surface area is 216 Å². The Balaban J connectivity index is 3.35. The van der Waals surface area contributed by atoms with E-state index in [-0.39, 0.29) is 11.3 Å². The van der Waals surface area contributed by atoms with Gasteiger partial charge < -0.3 is 24.4 Å². The Kier molecular flexibility index (Phi) is 10.6. The van der Waals surface area contributed by atoms with Crippen molar-refractivity contribution in [3.8, 4) is 5.75 Å². The molecule has 1 aromatic rings. The standard InChI is InChI=1S/C26H46NO8P/c1-23(2,3)27-16-21(31-22(29)32-24(4,5)6)18-13-14-20(19(15-18)17-28)33-36(30,34-25(7,8)9)35-26(10,11)12/h13-15,21,27-28H,16-17H2,1-12H3. The first kappa shape index (κ1) is 32.4. The van der Waals surface area contributed by atoms with Crippen molar-refractivity contribution >= 4 is 14.0 Å². The number of phosphoric acid groups is 1. The third-order valence-electron chi connectivity index (χ3n) is 4.05. The summed E-state index contributed by atoms with van der Waals surface area (Å²) in [5.41, 5.74) is -1.65. The van der Waals surface area contributed by atoms with Crippen LogP contribution in [-0.2, 0) is 29.7 Å². The molecule has 9 nitrogen and oxygen atoms in total. The molecule has 0 radical (unpaired) electrons. The Morgan fingerprint density at radius 3 is 1.86 bits per heavy atom. The molecule has 0 fully saturated rings. The van der Waals surface area contributed by atoms with Gasteiger partial charge in [0.1, 0.15) is 17.5 Å². The monoisotopic (exact) mass is 531 g/mol. The van der Waals surface area contributed by atoms with Crippen LogP contribution < -0.4 is 9.84 Å². The molecule has 1 rings (SSSR count). The second-order valence-corrected chi connectivity index (χ2v) is 14.1. The van der Waals surface area contributed by atoms with Gasteiger partial charge in [-0.25, -0.2) is 9.36 Å². The first-order chi connectivity index (χ1) is 16.0.